The molecule has 3 rings (SSSR count). The van der Waals surface area contributed by atoms with Gasteiger partial charge in [-0.25, -0.2) is 13.8 Å². The first-order valence-electron chi connectivity index (χ1n) is 8.41. The van der Waals surface area contributed by atoms with E-state index in [2.05, 4.69) is 11.9 Å². The summed E-state index contributed by atoms with van der Waals surface area (Å²) in [7, 11) is 0. The van der Waals surface area contributed by atoms with Gasteiger partial charge in [-0.3, -0.25) is 4.79 Å². The lowest BCUT2D eigenvalue weighted by molar-refractivity contribution is -0.129. The highest BCUT2D eigenvalue weighted by atomic mass is 32.2. The van der Waals surface area contributed by atoms with Crippen molar-refractivity contribution in [3.63, 3.8) is 0 Å². The van der Waals surface area contributed by atoms with Crippen LogP contribution >= 0.6 is 11.8 Å². The van der Waals surface area contributed by atoms with E-state index in [0.717, 1.165) is 22.8 Å². The Morgan fingerprint density at radius 2 is 2.12 bits per heavy atom. The van der Waals surface area contributed by atoms with E-state index in [4.69, 9.17) is 9.47 Å². The lowest BCUT2D eigenvalue weighted by Gasteiger charge is -2.12. The molecule has 1 aromatic heterocycles. The van der Waals surface area contributed by atoms with Crippen LogP contribution in [0.15, 0.2) is 35.5 Å². The number of pyridine rings is 1. The smallest absolute Gasteiger partial charge is 0.293 e. The van der Waals surface area contributed by atoms with Gasteiger partial charge in [0.2, 0.25) is 0 Å². The molecule has 7 heteroatoms. The van der Waals surface area contributed by atoms with Gasteiger partial charge >= 0.3 is 0 Å². The third kappa shape index (κ3) is 4.33. The van der Waals surface area contributed by atoms with Crippen LogP contribution in [0, 0.1) is 11.6 Å². The number of nitrogens with zero attached hydrogens (tertiary/aromatic N) is 1. The molecule has 2 atom stereocenters. The Labute approximate surface area is 154 Å². The summed E-state index contributed by atoms with van der Waals surface area (Å²) < 4.78 is 38.9. The maximum absolute atomic E-state index is 14.3. The van der Waals surface area contributed by atoms with E-state index in [1.807, 2.05) is 6.07 Å². The van der Waals surface area contributed by atoms with Gasteiger partial charge in [-0.1, -0.05) is 13.0 Å². The highest BCUT2D eigenvalue weighted by Gasteiger charge is 2.41. The van der Waals surface area contributed by atoms with Crippen LogP contribution in [-0.4, -0.2) is 23.3 Å². The largest absolute Gasteiger partial charge is 0.483 e. The van der Waals surface area contributed by atoms with Gasteiger partial charge in [0, 0.05) is 17.7 Å². The number of carbonyl (C=O) groups is 1. The molecule has 1 heterocycles. The molecule has 0 amide bonds. The second-order valence-corrected chi connectivity index (χ2v) is 7.12. The van der Waals surface area contributed by atoms with Gasteiger partial charge in [0.15, 0.2) is 17.4 Å². The number of hydrogen-bond donors (Lipinski definition) is 0. The molecule has 0 spiro atoms. The summed E-state index contributed by atoms with van der Waals surface area (Å²) in [5.74, 6) is -1.18. The molecule has 1 aromatic carbocycles. The Bertz CT molecular complexity index is 764. The molecule has 0 N–H and O–H groups in total. The highest BCUT2D eigenvalue weighted by Crippen LogP contribution is 2.44. The molecule has 138 valence electrons. The molecule has 1 saturated carbocycles. The summed E-state index contributed by atoms with van der Waals surface area (Å²) in [6, 6.07) is 6.09. The molecule has 2 aromatic rings. The Kier molecular flexibility index (Phi) is 6.08. The predicted molar refractivity (Wildman–Crippen MR) is 94.2 cm³/mol. The molecule has 1 aliphatic carbocycles. The molecule has 2 unspecified atom stereocenters. The van der Waals surface area contributed by atoms with Crippen molar-refractivity contribution in [1.29, 1.82) is 0 Å². The molecule has 0 bridgehead atoms. The number of hydrogen-bond acceptors (Lipinski definition) is 5. The summed E-state index contributed by atoms with van der Waals surface area (Å²) in [4.78, 5) is 14.6. The minimum absolute atomic E-state index is 0.0351. The lowest BCUT2D eigenvalue weighted by Crippen LogP contribution is -2.03. The molecular formula is C19H19F2NO3S. The summed E-state index contributed by atoms with van der Waals surface area (Å²) >= 11 is 1.59. The monoisotopic (exact) mass is 379 g/mol. The predicted octanol–water partition coefficient (Wildman–Crippen LogP) is 4.47. The van der Waals surface area contributed by atoms with E-state index in [1.165, 1.54) is 12.1 Å². The third-order valence-electron chi connectivity index (χ3n) is 4.08. The van der Waals surface area contributed by atoms with Crippen molar-refractivity contribution in [3.05, 3.63) is 53.2 Å². The number of rotatable bonds is 9. The quantitative estimate of drug-likeness (QED) is 0.475. The molecule has 1 fully saturated rings. The van der Waals surface area contributed by atoms with Gasteiger partial charge in [0.05, 0.1) is 0 Å². The maximum atomic E-state index is 14.3. The van der Waals surface area contributed by atoms with Crippen LogP contribution in [0.5, 0.6) is 5.75 Å². The van der Waals surface area contributed by atoms with E-state index in [1.54, 1.807) is 24.0 Å². The fourth-order valence-electron chi connectivity index (χ4n) is 2.69. The second-order valence-electron chi connectivity index (χ2n) is 6.03. The van der Waals surface area contributed by atoms with E-state index in [-0.39, 0.29) is 18.6 Å². The van der Waals surface area contributed by atoms with E-state index in [0.29, 0.717) is 18.5 Å². The fourth-order valence-corrected chi connectivity index (χ4v) is 3.53. The Balaban J connectivity index is 1.70. The number of benzene rings is 1. The van der Waals surface area contributed by atoms with Crippen LogP contribution in [0.4, 0.5) is 8.78 Å². The van der Waals surface area contributed by atoms with E-state index >= 15 is 0 Å². The molecule has 4 nitrogen and oxygen atoms in total. The first-order chi connectivity index (χ1) is 12.6. The standard InChI is InChI=1S/C19H19F2NO3S/c1-2-6-26-19-12(4-3-5-22-19)10-24-18-15(20)7-13(8-16(18)21)14-9-17(14)25-11-23/h3-5,7-8,11,14,17H,2,6,9-10H2,1H3. The van der Waals surface area contributed by atoms with Gasteiger partial charge in [0.25, 0.3) is 6.47 Å². The van der Waals surface area contributed by atoms with E-state index in [9.17, 15) is 13.6 Å². The van der Waals surface area contributed by atoms with Gasteiger partial charge in [-0.15, -0.1) is 11.8 Å². The van der Waals surface area contributed by atoms with Crippen molar-refractivity contribution < 1.29 is 23.0 Å². The summed E-state index contributed by atoms with van der Waals surface area (Å²) in [5, 5.41) is 0.804. The van der Waals surface area contributed by atoms with E-state index < -0.39 is 17.4 Å². The lowest BCUT2D eigenvalue weighted by atomic mass is 10.1. The topological polar surface area (TPSA) is 48.4 Å². The fraction of sp³-hybridized carbons (Fsp3) is 0.368. The summed E-state index contributed by atoms with van der Waals surface area (Å²) in [5.41, 5.74) is 1.26. The van der Waals surface area contributed by atoms with Gasteiger partial charge in [-0.2, -0.15) is 0 Å². The number of aromatic nitrogens is 1. The van der Waals surface area contributed by atoms with Crippen LogP contribution in [0.2, 0.25) is 0 Å². The van der Waals surface area contributed by atoms with Crippen LogP contribution in [0.3, 0.4) is 0 Å². The van der Waals surface area contributed by atoms with Gasteiger partial charge < -0.3 is 9.47 Å². The minimum atomic E-state index is -0.761. The third-order valence-corrected chi connectivity index (χ3v) is 5.33. The molecule has 0 saturated heterocycles. The minimum Gasteiger partial charge on any atom is -0.483 e. The number of thioether (sulfide) groups is 1. The van der Waals surface area contributed by atoms with Crippen molar-refractivity contribution in [2.75, 3.05) is 5.75 Å². The Morgan fingerprint density at radius 1 is 1.35 bits per heavy atom. The van der Waals surface area contributed by atoms with Crippen molar-refractivity contribution >= 4 is 18.2 Å². The average Bonchev–Trinajstić information content (AvgIpc) is 3.39. The van der Waals surface area contributed by atoms with Crippen molar-refractivity contribution in [2.45, 2.75) is 43.4 Å². The van der Waals surface area contributed by atoms with Crippen molar-refractivity contribution in [1.82, 2.24) is 4.98 Å². The summed E-state index contributed by atoms with van der Waals surface area (Å²) in [6.45, 7) is 2.47. The Morgan fingerprint density at radius 3 is 2.81 bits per heavy atom. The molecule has 1 aliphatic rings. The second kappa shape index (κ2) is 8.49. The molecule has 0 radical (unpaired) electrons. The van der Waals surface area contributed by atoms with Crippen LogP contribution < -0.4 is 4.74 Å². The van der Waals surface area contributed by atoms with Crippen LogP contribution in [0.1, 0.15) is 36.8 Å². The molecular weight excluding hydrogens is 360 g/mol. The zero-order valence-electron chi connectivity index (χ0n) is 14.3. The zero-order chi connectivity index (χ0) is 18.5. The first kappa shape index (κ1) is 18.6. The Hall–Kier alpha value is -2.15. The number of halogens is 2. The van der Waals surface area contributed by atoms with Gasteiger partial charge in [0.1, 0.15) is 17.7 Å². The van der Waals surface area contributed by atoms with Crippen LogP contribution in [0.25, 0.3) is 0 Å². The summed E-state index contributed by atoms with van der Waals surface area (Å²) in [6.07, 6.45) is 2.96. The maximum Gasteiger partial charge on any atom is 0.293 e. The number of carbonyl (C=O) groups excluding carboxylic acids is 1. The number of ether oxygens (including phenoxy) is 2. The zero-order valence-corrected chi connectivity index (χ0v) is 15.1. The van der Waals surface area contributed by atoms with Gasteiger partial charge in [-0.05, 0) is 42.4 Å². The van der Waals surface area contributed by atoms with Crippen molar-refractivity contribution in [2.24, 2.45) is 0 Å². The molecule has 26 heavy (non-hydrogen) atoms. The SMILES string of the molecule is CCCSc1ncccc1COc1c(F)cc(C2CC2OC=O)cc1F. The normalized spacial score (nSPS) is 18.4. The first-order valence-corrected chi connectivity index (χ1v) is 9.40. The molecule has 0 aliphatic heterocycles. The van der Waals surface area contributed by atoms with Crippen molar-refractivity contribution in [3.8, 4) is 5.75 Å². The highest BCUT2D eigenvalue weighted by molar-refractivity contribution is 7.99. The average molecular weight is 379 g/mol. The van der Waals surface area contributed by atoms with Crippen LogP contribution in [-0.2, 0) is 16.1 Å².